The van der Waals surface area contributed by atoms with Crippen molar-refractivity contribution in [1.29, 1.82) is 0 Å². The van der Waals surface area contributed by atoms with E-state index in [2.05, 4.69) is 63.3 Å². The Bertz CT molecular complexity index is 279. The van der Waals surface area contributed by atoms with Crippen molar-refractivity contribution >= 4 is 0 Å². The summed E-state index contributed by atoms with van der Waals surface area (Å²) in [6, 6.07) is 11.7. The fourth-order valence-corrected chi connectivity index (χ4v) is 2.08. The van der Waals surface area contributed by atoms with Crippen LogP contribution in [0, 0.1) is 5.92 Å². The van der Waals surface area contributed by atoms with E-state index < -0.39 is 0 Å². The Morgan fingerprint density at radius 2 is 1.69 bits per heavy atom. The van der Waals surface area contributed by atoms with Gasteiger partial charge >= 0.3 is 0 Å². The van der Waals surface area contributed by atoms with Gasteiger partial charge in [0, 0.05) is 12.1 Å². The van der Waals surface area contributed by atoms with Crippen LogP contribution < -0.4 is 5.32 Å². The maximum Gasteiger partial charge on any atom is 0.0294 e. The fourth-order valence-electron chi connectivity index (χ4n) is 2.08. The van der Waals surface area contributed by atoms with E-state index in [1.807, 2.05) is 0 Å². The standard InChI is InChI=1S/C15H25N/c1-5-9-15(12(2)3)16-13(4)14-10-7-6-8-11-14/h6-8,10-13,15-16H,5,9H2,1-4H3/t13-,15-/m1/s1. The molecule has 1 nitrogen and oxygen atoms in total. The van der Waals surface area contributed by atoms with Crippen LogP contribution in [0.15, 0.2) is 30.3 Å². The zero-order chi connectivity index (χ0) is 12.0. The van der Waals surface area contributed by atoms with Gasteiger partial charge in [-0.3, -0.25) is 0 Å². The lowest BCUT2D eigenvalue weighted by molar-refractivity contribution is 0.343. The molecular weight excluding hydrogens is 194 g/mol. The summed E-state index contributed by atoms with van der Waals surface area (Å²) in [5, 5.41) is 3.73. The fraction of sp³-hybridized carbons (Fsp3) is 0.600. The first-order valence-electron chi connectivity index (χ1n) is 6.46. The average Bonchev–Trinajstić information content (AvgIpc) is 2.29. The minimum atomic E-state index is 0.445. The van der Waals surface area contributed by atoms with Crippen molar-refractivity contribution in [2.45, 2.75) is 52.6 Å². The SMILES string of the molecule is CCC[C@@H](N[C@H](C)c1ccccc1)C(C)C. The lowest BCUT2D eigenvalue weighted by atomic mass is 9.97. The maximum absolute atomic E-state index is 3.73. The Kier molecular flexibility index (Phi) is 5.54. The molecule has 0 aliphatic rings. The molecule has 0 aromatic heterocycles. The Morgan fingerprint density at radius 1 is 1.06 bits per heavy atom. The first-order valence-corrected chi connectivity index (χ1v) is 6.46. The quantitative estimate of drug-likeness (QED) is 0.757. The molecule has 0 unspecified atom stereocenters. The van der Waals surface area contributed by atoms with E-state index in [1.54, 1.807) is 0 Å². The second kappa shape index (κ2) is 6.70. The third kappa shape index (κ3) is 3.97. The van der Waals surface area contributed by atoms with Crippen molar-refractivity contribution in [3.05, 3.63) is 35.9 Å². The molecule has 0 heterocycles. The average molecular weight is 219 g/mol. The van der Waals surface area contributed by atoms with Gasteiger partial charge < -0.3 is 5.32 Å². The van der Waals surface area contributed by atoms with Crippen LogP contribution in [0.1, 0.15) is 52.1 Å². The molecule has 0 saturated heterocycles. The van der Waals surface area contributed by atoms with E-state index in [4.69, 9.17) is 0 Å². The van der Waals surface area contributed by atoms with E-state index in [9.17, 15) is 0 Å². The molecule has 0 amide bonds. The summed E-state index contributed by atoms with van der Waals surface area (Å²) in [5.41, 5.74) is 1.38. The summed E-state index contributed by atoms with van der Waals surface area (Å²) in [6.07, 6.45) is 2.51. The Labute approximate surface area is 100 Å². The van der Waals surface area contributed by atoms with Gasteiger partial charge in [0.05, 0.1) is 0 Å². The van der Waals surface area contributed by atoms with E-state index in [1.165, 1.54) is 18.4 Å². The number of rotatable bonds is 6. The largest absolute Gasteiger partial charge is 0.307 e. The molecule has 1 rings (SSSR count). The normalized spacial score (nSPS) is 15.1. The zero-order valence-corrected chi connectivity index (χ0v) is 11.0. The first kappa shape index (κ1) is 13.2. The van der Waals surface area contributed by atoms with Crippen molar-refractivity contribution in [1.82, 2.24) is 5.32 Å². The van der Waals surface area contributed by atoms with Gasteiger partial charge in [-0.2, -0.15) is 0 Å². The molecule has 0 fully saturated rings. The van der Waals surface area contributed by atoms with E-state index in [0.29, 0.717) is 18.0 Å². The minimum absolute atomic E-state index is 0.445. The van der Waals surface area contributed by atoms with Gasteiger partial charge in [0.1, 0.15) is 0 Å². The van der Waals surface area contributed by atoms with Crippen LogP contribution in [0.25, 0.3) is 0 Å². The molecule has 1 heteroatoms. The highest BCUT2D eigenvalue weighted by atomic mass is 14.9. The molecule has 90 valence electrons. The molecule has 1 aromatic carbocycles. The summed E-state index contributed by atoms with van der Waals surface area (Å²) in [6.45, 7) is 9.10. The molecule has 1 N–H and O–H groups in total. The molecule has 1 aromatic rings. The highest BCUT2D eigenvalue weighted by molar-refractivity contribution is 5.18. The minimum Gasteiger partial charge on any atom is -0.307 e. The van der Waals surface area contributed by atoms with Crippen LogP contribution in [0.4, 0.5) is 0 Å². The molecule has 0 aliphatic heterocycles. The molecular formula is C15H25N. The molecule has 0 radical (unpaired) electrons. The lowest BCUT2D eigenvalue weighted by Gasteiger charge is -2.26. The highest BCUT2D eigenvalue weighted by Crippen LogP contribution is 2.16. The molecule has 16 heavy (non-hydrogen) atoms. The predicted molar refractivity (Wildman–Crippen MR) is 71.5 cm³/mol. The Hall–Kier alpha value is -0.820. The van der Waals surface area contributed by atoms with Gasteiger partial charge in [-0.1, -0.05) is 57.5 Å². The number of benzene rings is 1. The predicted octanol–water partition coefficient (Wildman–Crippen LogP) is 4.16. The van der Waals surface area contributed by atoms with Crippen LogP contribution in [-0.4, -0.2) is 6.04 Å². The zero-order valence-electron chi connectivity index (χ0n) is 11.0. The third-order valence-corrected chi connectivity index (χ3v) is 3.17. The van der Waals surface area contributed by atoms with Crippen LogP contribution in [-0.2, 0) is 0 Å². The van der Waals surface area contributed by atoms with Gasteiger partial charge in [0.2, 0.25) is 0 Å². The molecule has 0 saturated carbocycles. The number of nitrogens with one attached hydrogen (secondary N) is 1. The maximum atomic E-state index is 3.73. The second-order valence-corrected chi connectivity index (χ2v) is 4.94. The third-order valence-electron chi connectivity index (χ3n) is 3.17. The van der Waals surface area contributed by atoms with Gasteiger partial charge in [0.25, 0.3) is 0 Å². The summed E-state index contributed by atoms with van der Waals surface area (Å²) in [4.78, 5) is 0. The van der Waals surface area contributed by atoms with Crippen LogP contribution in [0.5, 0.6) is 0 Å². The number of hydrogen-bond donors (Lipinski definition) is 1. The molecule has 0 bridgehead atoms. The molecule has 0 spiro atoms. The van der Waals surface area contributed by atoms with Crippen molar-refractivity contribution in [3.63, 3.8) is 0 Å². The summed E-state index contributed by atoms with van der Waals surface area (Å²) >= 11 is 0. The molecule has 0 aliphatic carbocycles. The van der Waals surface area contributed by atoms with E-state index in [0.717, 1.165) is 0 Å². The summed E-state index contributed by atoms with van der Waals surface area (Å²) < 4.78 is 0. The van der Waals surface area contributed by atoms with Crippen molar-refractivity contribution < 1.29 is 0 Å². The van der Waals surface area contributed by atoms with Crippen LogP contribution in [0.3, 0.4) is 0 Å². The number of hydrogen-bond acceptors (Lipinski definition) is 1. The Balaban J connectivity index is 2.58. The van der Waals surface area contributed by atoms with Crippen LogP contribution >= 0.6 is 0 Å². The van der Waals surface area contributed by atoms with Gasteiger partial charge in [-0.15, -0.1) is 0 Å². The van der Waals surface area contributed by atoms with Gasteiger partial charge in [-0.05, 0) is 24.8 Å². The van der Waals surface area contributed by atoms with E-state index >= 15 is 0 Å². The van der Waals surface area contributed by atoms with Crippen LogP contribution in [0.2, 0.25) is 0 Å². The van der Waals surface area contributed by atoms with Crippen molar-refractivity contribution in [2.24, 2.45) is 5.92 Å². The van der Waals surface area contributed by atoms with Crippen molar-refractivity contribution in [3.8, 4) is 0 Å². The monoisotopic (exact) mass is 219 g/mol. The Morgan fingerprint density at radius 3 is 2.19 bits per heavy atom. The summed E-state index contributed by atoms with van der Waals surface area (Å²) in [5.74, 6) is 0.700. The summed E-state index contributed by atoms with van der Waals surface area (Å²) in [7, 11) is 0. The van der Waals surface area contributed by atoms with Gasteiger partial charge in [-0.25, -0.2) is 0 Å². The second-order valence-electron chi connectivity index (χ2n) is 4.94. The van der Waals surface area contributed by atoms with E-state index in [-0.39, 0.29) is 0 Å². The first-order chi connectivity index (χ1) is 7.65. The lowest BCUT2D eigenvalue weighted by Crippen LogP contribution is -2.35. The molecule has 2 atom stereocenters. The highest BCUT2D eigenvalue weighted by Gasteiger charge is 2.15. The van der Waals surface area contributed by atoms with Gasteiger partial charge in [0.15, 0.2) is 0 Å². The smallest absolute Gasteiger partial charge is 0.0294 e. The topological polar surface area (TPSA) is 12.0 Å². The van der Waals surface area contributed by atoms with Crippen molar-refractivity contribution in [2.75, 3.05) is 0 Å².